The predicted octanol–water partition coefficient (Wildman–Crippen LogP) is 1.74. The van der Waals surface area contributed by atoms with Gasteiger partial charge < -0.3 is 10.4 Å². The highest BCUT2D eigenvalue weighted by Crippen LogP contribution is 2.27. The smallest absolute Gasteiger partial charge is 0.263 e. The van der Waals surface area contributed by atoms with Gasteiger partial charge in [0.2, 0.25) is 0 Å². The van der Waals surface area contributed by atoms with Crippen LogP contribution in [-0.2, 0) is 7.05 Å². The van der Waals surface area contributed by atoms with Gasteiger partial charge in [-0.2, -0.15) is 5.10 Å². The topological polar surface area (TPSA) is 80.0 Å². The molecule has 0 spiro atoms. The van der Waals surface area contributed by atoms with Crippen LogP contribution >= 0.6 is 11.3 Å². The molecule has 0 radical (unpaired) electrons. The number of hydrogen-bond acceptors (Lipinski definition) is 5. The molecule has 6 nitrogen and oxygen atoms in total. The quantitative estimate of drug-likeness (QED) is 0.852. The summed E-state index contributed by atoms with van der Waals surface area (Å²) in [7, 11) is 1.84. The first-order valence-corrected chi connectivity index (χ1v) is 7.75. The first kappa shape index (κ1) is 15.7. The molecule has 0 fully saturated rings. The van der Waals surface area contributed by atoms with Crippen molar-refractivity contribution in [2.75, 3.05) is 6.54 Å². The van der Waals surface area contributed by atoms with Crippen LogP contribution < -0.4 is 5.32 Å². The molecule has 2 aromatic heterocycles. The first-order valence-electron chi connectivity index (χ1n) is 6.94. The molecule has 0 aliphatic carbocycles. The third kappa shape index (κ3) is 3.89. The van der Waals surface area contributed by atoms with Crippen LogP contribution in [0.1, 0.15) is 35.1 Å². The average molecular weight is 308 g/mol. The number of aliphatic hydroxyl groups is 1. The molecule has 2 heterocycles. The zero-order valence-electron chi connectivity index (χ0n) is 12.5. The number of hydrogen-bond donors (Lipinski definition) is 2. The van der Waals surface area contributed by atoms with E-state index in [-0.39, 0.29) is 12.5 Å². The number of carbonyl (C=O) groups is 1. The fraction of sp³-hybridized carbons (Fsp3) is 0.500. The number of nitrogens with zero attached hydrogens (tertiary/aromatic N) is 3. The average Bonchev–Trinajstić information content (AvgIpc) is 3.02. The SMILES string of the molecule is CCCC(O)CNC(=O)c1sc(-c2cnn(C)c2)nc1C. The molecule has 2 rings (SSSR count). The lowest BCUT2D eigenvalue weighted by molar-refractivity contribution is 0.0913. The van der Waals surface area contributed by atoms with Crippen LogP contribution in [0.25, 0.3) is 10.6 Å². The van der Waals surface area contributed by atoms with Crippen LogP contribution in [0.5, 0.6) is 0 Å². The molecule has 1 atom stereocenters. The highest BCUT2D eigenvalue weighted by atomic mass is 32.1. The van der Waals surface area contributed by atoms with Gasteiger partial charge >= 0.3 is 0 Å². The van der Waals surface area contributed by atoms with Crippen molar-refractivity contribution in [3.63, 3.8) is 0 Å². The highest BCUT2D eigenvalue weighted by molar-refractivity contribution is 7.17. The van der Waals surface area contributed by atoms with Crippen molar-refractivity contribution in [2.24, 2.45) is 7.05 Å². The van der Waals surface area contributed by atoms with Crippen molar-refractivity contribution < 1.29 is 9.90 Å². The Morgan fingerprint density at radius 2 is 2.33 bits per heavy atom. The molecule has 21 heavy (non-hydrogen) atoms. The largest absolute Gasteiger partial charge is 0.391 e. The molecule has 0 aliphatic heterocycles. The van der Waals surface area contributed by atoms with Crippen molar-refractivity contribution in [1.82, 2.24) is 20.1 Å². The number of nitrogens with one attached hydrogen (secondary N) is 1. The molecule has 2 N–H and O–H groups in total. The molecule has 114 valence electrons. The number of aromatic nitrogens is 3. The molecular weight excluding hydrogens is 288 g/mol. The Morgan fingerprint density at radius 3 is 2.95 bits per heavy atom. The van der Waals surface area contributed by atoms with E-state index in [0.717, 1.165) is 17.0 Å². The van der Waals surface area contributed by atoms with Gasteiger partial charge in [0.05, 0.1) is 18.0 Å². The second-order valence-corrected chi connectivity index (χ2v) is 5.99. The van der Waals surface area contributed by atoms with Gasteiger partial charge in [0.15, 0.2) is 0 Å². The molecule has 0 bridgehead atoms. The van der Waals surface area contributed by atoms with E-state index in [2.05, 4.69) is 15.4 Å². The third-order valence-corrected chi connectivity index (χ3v) is 4.28. The molecular formula is C14H20N4O2S. The van der Waals surface area contributed by atoms with Gasteiger partial charge in [-0.05, 0) is 13.3 Å². The van der Waals surface area contributed by atoms with Crippen LogP contribution in [0.15, 0.2) is 12.4 Å². The minimum Gasteiger partial charge on any atom is -0.391 e. The summed E-state index contributed by atoms with van der Waals surface area (Å²) < 4.78 is 1.70. The first-order chi connectivity index (χ1) is 10.0. The molecule has 0 aliphatic rings. The van der Waals surface area contributed by atoms with E-state index in [9.17, 15) is 9.90 Å². The van der Waals surface area contributed by atoms with Crippen molar-refractivity contribution in [3.05, 3.63) is 23.0 Å². The molecule has 2 aromatic rings. The lowest BCUT2D eigenvalue weighted by Gasteiger charge is -2.09. The van der Waals surface area contributed by atoms with Crippen LogP contribution in [-0.4, -0.2) is 38.4 Å². The monoisotopic (exact) mass is 308 g/mol. The van der Waals surface area contributed by atoms with Gasteiger partial charge in [0.1, 0.15) is 9.88 Å². The number of thiazole rings is 1. The second kappa shape index (κ2) is 6.82. The summed E-state index contributed by atoms with van der Waals surface area (Å²) in [6.45, 7) is 4.08. The molecule has 7 heteroatoms. The van der Waals surface area contributed by atoms with Crippen LogP contribution in [0, 0.1) is 6.92 Å². The van der Waals surface area contributed by atoms with E-state index in [1.807, 2.05) is 27.1 Å². The summed E-state index contributed by atoms with van der Waals surface area (Å²) >= 11 is 1.34. The van der Waals surface area contributed by atoms with Crippen molar-refractivity contribution in [1.29, 1.82) is 0 Å². The van der Waals surface area contributed by atoms with Gasteiger partial charge in [-0.3, -0.25) is 9.48 Å². The van der Waals surface area contributed by atoms with E-state index in [1.165, 1.54) is 11.3 Å². The number of amides is 1. The van der Waals surface area contributed by atoms with E-state index in [1.54, 1.807) is 10.9 Å². The summed E-state index contributed by atoms with van der Waals surface area (Å²) in [5.41, 5.74) is 1.59. The number of rotatable bonds is 6. The van der Waals surface area contributed by atoms with Gasteiger partial charge in [0.25, 0.3) is 5.91 Å². The van der Waals surface area contributed by atoms with Crippen LogP contribution in [0.3, 0.4) is 0 Å². The maximum atomic E-state index is 12.2. The van der Waals surface area contributed by atoms with E-state index in [4.69, 9.17) is 0 Å². The maximum Gasteiger partial charge on any atom is 0.263 e. The Labute approximate surface area is 127 Å². The molecule has 0 saturated heterocycles. The fourth-order valence-corrected chi connectivity index (χ4v) is 2.95. The van der Waals surface area contributed by atoms with Gasteiger partial charge in [-0.25, -0.2) is 4.98 Å². The Kier molecular flexibility index (Phi) is 5.08. The lowest BCUT2D eigenvalue weighted by atomic mass is 10.2. The fourth-order valence-electron chi connectivity index (χ4n) is 1.99. The van der Waals surface area contributed by atoms with Crippen LogP contribution in [0.4, 0.5) is 0 Å². The van der Waals surface area contributed by atoms with Crippen molar-refractivity contribution >= 4 is 17.2 Å². The van der Waals surface area contributed by atoms with Gasteiger partial charge in [-0.15, -0.1) is 11.3 Å². The Hall–Kier alpha value is -1.73. The molecule has 1 unspecified atom stereocenters. The summed E-state index contributed by atoms with van der Waals surface area (Å²) in [6.07, 6.45) is 4.67. The summed E-state index contributed by atoms with van der Waals surface area (Å²) in [4.78, 5) is 17.2. The van der Waals surface area contributed by atoms with Gasteiger partial charge in [-0.1, -0.05) is 13.3 Å². The minimum atomic E-state index is -0.495. The Balaban J connectivity index is 2.06. The third-order valence-electron chi connectivity index (χ3n) is 3.07. The highest BCUT2D eigenvalue weighted by Gasteiger charge is 2.17. The Bertz CT molecular complexity index is 620. The normalized spacial score (nSPS) is 12.4. The number of aryl methyl sites for hydroxylation is 2. The van der Waals surface area contributed by atoms with Crippen molar-refractivity contribution in [3.8, 4) is 10.6 Å². The molecule has 0 saturated carbocycles. The standard InChI is InChI=1S/C14H20N4O2S/c1-4-5-11(19)7-15-13(20)12-9(2)17-14(21-12)10-6-16-18(3)8-10/h6,8,11,19H,4-5,7H2,1-3H3,(H,15,20). The predicted molar refractivity (Wildman–Crippen MR) is 82.3 cm³/mol. The summed E-state index contributed by atoms with van der Waals surface area (Å²) in [5, 5.41) is 17.3. The van der Waals surface area contributed by atoms with E-state index >= 15 is 0 Å². The van der Waals surface area contributed by atoms with Crippen LogP contribution in [0.2, 0.25) is 0 Å². The zero-order chi connectivity index (χ0) is 15.4. The number of carbonyl (C=O) groups excluding carboxylic acids is 1. The van der Waals surface area contributed by atoms with E-state index < -0.39 is 6.10 Å². The van der Waals surface area contributed by atoms with Crippen molar-refractivity contribution in [2.45, 2.75) is 32.8 Å². The lowest BCUT2D eigenvalue weighted by Crippen LogP contribution is -2.31. The minimum absolute atomic E-state index is 0.185. The summed E-state index contributed by atoms with van der Waals surface area (Å²) in [5.74, 6) is -0.185. The molecule has 0 aromatic carbocycles. The summed E-state index contributed by atoms with van der Waals surface area (Å²) in [6, 6.07) is 0. The Morgan fingerprint density at radius 1 is 1.57 bits per heavy atom. The maximum absolute atomic E-state index is 12.2. The van der Waals surface area contributed by atoms with Gasteiger partial charge in [0, 0.05) is 25.4 Å². The van der Waals surface area contributed by atoms with E-state index in [0.29, 0.717) is 17.0 Å². The zero-order valence-corrected chi connectivity index (χ0v) is 13.3. The number of aliphatic hydroxyl groups excluding tert-OH is 1. The second-order valence-electron chi connectivity index (χ2n) is 4.99. The molecule has 1 amide bonds.